The summed E-state index contributed by atoms with van der Waals surface area (Å²) in [5.74, 6) is 1.17. The number of anilines is 5. The van der Waals surface area contributed by atoms with E-state index in [0.29, 0.717) is 44.4 Å². The summed E-state index contributed by atoms with van der Waals surface area (Å²) in [5.41, 5.74) is 6.30. The van der Waals surface area contributed by atoms with Crippen LogP contribution in [-0.2, 0) is 22.4 Å². The zero-order valence-corrected chi connectivity index (χ0v) is 30.6. The molecule has 5 rings (SSSR count). The summed E-state index contributed by atoms with van der Waals surface area (Å²) >= 11 is 0. The van der Waals surface area contributed by atoms with Gasteiger partial charge in [0.1, 0.15) is 29.3 Å². The molecule has 0 bridgehead atoms. The summed E-state index contributed by atoms with van der Waals surface area (Å²) < 4.78 is 17.3. The Morgan fingerprint density at radius 3 is 2.35 bits per heavy atom. The fourth-order valence-electron chi connectivity index (χ4n) is 5.97. The summed E-state index contributed by atoms with van der Waals surface area (Å²) in [4.78, 5) is 43.3. The lowest BCUT2D eigenvalue weighted by Crippen LogP contribution is -2.42. The number of rotatable bonds is 7. The summed E-state index contributed by atoms with van der Waals surface area (Å²) in [5, 5.41) is 3.46. The molecule has 2 aromatic heterocycles. The monoisotopic (exact) mass is 673 g/mol. The van der Waals surface area contributed by atoms with Crippen molar-refractivity contribution in [2.75, 3.05) is 66.9 Å². The van der Waals surface area contributed by atoms with E-state index in [-0.39, 0.29) is 6.09 Å². The van der Waals surface area contributed by atoms with E-state index in [2.05, 4.69) is 21.3 Å². The number of hydrogen-bond donors (Lipinski definition) is 1. The van der Waals surface area contributed by atoms with E-state index < -0.39 is 17.3 Å². The second kappa shape index (κ2) is 14.1. The Labute approximate surface area is 290 Å². The molecule has 2 amide bonds. The minimum Gasteiger partial charge on any atom is -0.474 e. The van der Waals surface area contributed by atoms with Crippen molar-refractivity contribution in [2.45, 2.75) is 79.6 Å². The lowest BCUT2D eigenvalue weighted by atomic mass is 10.0. The van der Waals surface area contributed by atoms with Crippen molar-refractivity contribution in [3.05, 3.63) is 58.9 Å². The number of carbonyl (C=O) groups is 2. The predicted octanol–water partition coefficient (Wildman–Crippen LogP) is 6.84. The van der Waals surface area contributed by atoms with Crippen LogP contribution in [0.15, 0.2) is 36.7 Å². The number of aromatic nitrogens is 2. The van der Waals surface area contributed by atoms with Crippen molar-refractivity contribution in [3.8, 4) is 5.88 Å². The Morgan fingerprint density at radius 2 is 1.67 bits per heavy atom. The standard InChI is InChI=1S/C37H51N7O5/c1-24-19-28(11-12-29(24)43(16-15-41(9)10)34(45)48-36(3,4)5)40-31-20-27-23-42(14-13-26(27)21-38-31)30-22-39-33-32(25(30)2)44(17-18-47-33)35(46)49-37(6,7)8/h11-12,19-22H,13-18,23H2,1-10H3,(H,38,40). The lowest BCUT2D eigenvalue weighted by Gasteiger charge is -2.35. The number of nitrogens with one attached hydrogen (secondary N) is 1. The van der Waals surface area contributed by atoms with Crippen molar-refractivity contribution in [1.29, 1.82) is 0 Å². The predicted molar refractivity (Wildman–Crippen MR) is 194 cm³/mol. The van der Waals surface area contributed by atoms with Crippen molar-refractivity contribution < 1.29 is 23.8 Å². The molecule has 0 saturated heterocycles. The first-order chi connectivity index (χ1) is 23.0. The maximum absolute atomic E-state index is 13.2. The fraction of sp³-hybridized carbons (Fsp3) is 0.514. The minimum absolute atomic E-state index is 0.360. The molecule has 0 radical (unpaired) electrons. The van der Waals surface area contributed by atoms with Gasteiger partial charge in [0.15, 0.2) is 0 Å². The first-order valence-electron chi connectivity index (χ1n) is 16.9. The van der Waals surface area contributed by atoms with Crippen LogP contribution in [0, 0.1) is 13.8 Å². The summed E-state index contributed by atoms with van der Waals surface area (Å²) in [6.07, 6.45) is 3.83. The molecule has 0 fully saturated rings. The molecule has 0 unspecified atom stereocenters. The number of fused-ring (bicyclic) bond motifs is 2. The van der Waals surface area contributed by atoms with Gasteiger partial charge in [0.25, 0.3) is 0 Å². The molecule has 0 atom stereocenters. The Morgan fingerprint density at radius 1 is 0.939 bits per heavy atom. The van der Waals surface area contributed by atoms with Crippen molar-refractivity contribution >= 4 is 40.8 Å². The quantitative estimate of drug-likeness (QED) is 0.286. The number of benzene rings is 1. The zero-order valence-electron chi connectivity index (χ0n) is 30.6. The lowest BCUT2D eigenvalue weighted by molar-refractivity contribution is 0.0560. The van der Waals surface area contributed by atoms with E-state index in [1.54, 1.807) is 9.80 Å². The minimum atomic E-state index is -0.613. The number of likely N-dealkylation sites (N-methyl/N-ethyl adjacent to an activating group) is 1. The molecule has 12 heteroatoms. The largest absolute Gasteiger partial charge is 0.474 e. The van der Waals surface area contributed by atoms with E-state index in [1.165, 1.54) is 5.56 Å². The summed E-state index contributed by atoms with van der Waals surface area (Å²) in [7, 11) is 3.97. The van der Waals surface area contributed by atoms with Crippen LogP contribution in [0.3, 0.4) is 0 Å². The summed E-state index contributed by atoms with van der Waals surface area (Å²) in [6, 6.07) is 8.03. The molecule has 12 nitrogen and oxygen atoms in total. The Hall–Kier alpha value is -4.58. The maximum atomic E-state index is 13.2. The van der Waals surface area contributed by atoms with Gasteiger partial charge in [0, 0.05) is 43.6 Å². The van der Waals surface area contributed by atoms with Gasteiger partial charge in [-0.15, -0.1) is 0 Å². The van der Waals surface area contributed by atoms with Crippen LogP contribution < -0.4 is 24.8 Å². The second-order valence-corrected chi connectivity index (χ2v) is 15.0. The molecular formula is C37H51N7O5. The fourth-order valence-corrected chi connectivity index (χ4v) is 5.97. The molecule has 3 aromatic rings. The number of nitrogens with zero attached hydrogens (tertiary/aromatic N) is 6. The number of aryl methyl sites for hydroxylation is 1. The number of hydrogen-bond acceptors (Lipinski definition) is 10. The molecule has 1 N–H and O–H groups in total. The van der Waals surface area contributed by atoms with Gasteiger partial charge in [-0.2, -0.15) is 0 Å². The van der Waals surface area contributed by atoms with Gasteiger partial charge < -0.3 is 29.3 Å². The number of carbonyl (C=O) groups excluding carboxylic acids is 2. The first kappa shape index (κ1) is 35.7. The van der Waals surface area contributed by atoms with Crippen LogP contribution in [-0.4, -0.2) is 85.1 Å². The van der Waals surface area contributed by atoms with E-state index in [4.69, 9.17) is 19.2 Å². The SMILES string of the molecule is Cc1cc(Nc2cc3c(cn2)CCN(c2cnc4c(c2C)N(C(=O)OC(C)(C)C)CCO4)C3)ccc1N(CCN(C)C)C(=O)OC(C)(C)C. The van der Waals surface area contributed by atoms with Gasteiger partial charge >= 0.3 is 12.2 Å². The average Bonchev–Trinajstić information content (AvgIpc) is 3.00. The Kier molecular flexibility index (Phi) is 10.3. The molecule has 2 aliphatic heterocycles. The third-order valence-corrected chi connectivity index (χ3v) is 8.26. The average molecular weight is 674 g/mol. The van der Waals surface area contributed by atoms with Crippen LogP contribution in [0.1, 0.15) is 63.8 Å². The van der Waals surface area contributed by atoms with Crippen LogP contribution in [0.25, 0.3) is 0 Å². The number of amides is 2. The molecule has 0 spiro atoms. The molecule has 264 valence electrons. The third kappa shape index (κ3) is 8.72. The van der Waals surface area contributed by atoms with E-state index in [9.17, 15) is 9.59 Å². The zero-order chi connectivity index (χ0) is 35.7. The molecule has 2 aliphatic rings. The number of pyridine rings is 2. The highest BCUT2D eigenvalue weighted by atomic mass is 16.6. The topological polar surface area (TPSA) is 113 Å². The molecule has 0 saturated carbocycles. The van der Waals surface area contributed by atoms with Crippen molar-refractivity contribution in [3.63, 3.8) is 0 Å². The Balaban J connectivity index is 1.34. The van der Waals surface area contributed by atoms with E-state index >= 15 is 0 Å². The molecular weight excluding hydrogens is 622 g/mol. The van der Waals surface area contributed by atoms with Crippen molar-refractivity contribution in [2.24, 2.45) is 0 Å². The highest BCUT2D eigenvalue weighted by molar-refractivity contribution is 5.92. The van der Waals surface area contributed by atoms with Crippen LogP contribution in [0.4, 0.5) is 38.2 Å². The van der Waals surface area contributed by atoms with Gasteiger partial charge in [-0.25, -0.2) is 19.6 Å². The Bertz CT molecular complexity index is 1700. The molecule has 0 aliphatic carbocycles. The third-order valence-electron chi connectivity index (χ3n) is 8.26. The van der Waals surface area contributed by atoms with E-state index in [0.717, 1.165) is 52.5 Å². The maximum Gasteiger partial charge on any atom is 0.415 e. The van der Waals surface area contributed by atoms with Crippen LogP contribution >= 0.6 is 0 Å². The van der Waals surface area contributed by atoms with E-state index in [1.807, 2.05) is 105 Å². The van der Waals surface area contributed by atoms with Gasteiger partial charge in [-0.05, 0) is 117 Å². The van der Waals surface area contributed by atoms with Crippen molar-refractivity contribution in [1.82, 2.24) is 14.9 Å². The first-order valence-corrected chi connectivity index (χ1v) is 16.9. The van der Waals surface area contributed by atoms with Gasteiger partial charge in [-0.1, -0.05) is 0 Å². The van der Waals surface area contributed by atoms with Gasteiger partial charge in [-0.3, -0.25) is 9.80 Å². The number of ether oxygens (including phenoxy) is 3. The van der Waals surface area contributed by atoms with Gasteiger partial charge in [0.2, 0.25) is 5.88 Å². The highest BCUT2D eigenvalue weighted by Crippen LogP contribution is 2.40. The van der Waals surface area contributed by atoms with Crippen LogP contribution in [0.5, 0.6) is 5.88 Å². The summed E-state index contributed by atoms with van der Waals surface area (Å²) in [6.45, 7) is 18.6. The molecule has 4 heterocycles. The molecule has 1 aromatic carbocycles. The molecule has 49 heavy (non-hydrogen) atoms. The van der Waals surface area contributed by atoms with Gasteiger partial charge in [0.05, 0.1) is 24.1 Å². The van der Waals surface area contributed by atoms with Crippen LogP contribution in [0.2, 0.25) is 0 Å². The second-order valence-electron chi connectivity index (χ2n) is 15.0. The smallest absolute Gasteiger partial charge is 0.415 e. The normalized spacial score (nSPS) is 14.5. The highest BCUT2D eigenvalue weighted by Gasteiger charge is 2.33.